The molecule has 0 radical (unpaired) electrons. The molecule has 1 aliphatic heterocycles. The molecule has 1 unspecified atom stereocenters. The Labute approximate surface area is 188 Å². The summed E-state index contributed by atoms with van der Waals surface area (Å²) in [7, 11) is 0. The van der Waals surface area contributed by atoms with Gasteiger partial charge in [-0.3, -0.25) is 9.78 Å². The number of aromatic nitrogens is 3. The zero-order chi connectivity index (χ0) is 23.3. The van der Waals surface area contributed by atoms with Crippen LogP contribution in [0.15, 0.2) is 48.8 Å². The SMILES string of the molecule is CC1(N)CCN(c2c(-c3cc(F)cc(C(N)=O)c3)cncc2-c2nc3c(F)cccc3[nH]2)C1. The van der Waals surface area contributed by atoms with Gasteiger partial charge in [0.25, 0.3) is 0 Å². The zero-order valence-corrected chi connectivity index (χ0v) is 17.9. The maximum Gasteiger partial charge on any atom is 0.248 e. The van der Waals surface area contributed by atoms with Crippen LogP contribution in [0.4, 0.5) is 14.5 Å². The summed E-state index contributed by atoms with van der Waals surface area (Å²) in [5.41, 5.74) is 14.6. The molecule has 7 nitrogen and oxygen atoms in total. The smallest absolute Gasteiger partial charge is 0.248 e. The van der Waals surface area contributed by atoms with Gasteiger partial charge in [0.15, 0.2) is 5.82 Å². The molecular weight excluding hydrogens is 426 g/mol. The number of hydrogen-bond donors (Lipinski definition) is 3. The Morgan fingerprint density at radius 3 is 2.67 bits per heavy atom. The number of halogens is 2. The van der Waals surface area contributed by atoms with Crippen molar-refractivity contribution in [2.45, 2.75) is 18.9 Å². The number of aromatic amines is 1. The number of fused-ring (bicyclic) bond motifs is 1. The number of carbonyl (C=O) groups is 1. The molecule has 1 aliphatic rings. The van der Waals surface area contributed by atoms with Crippen LogP contribution in [0, 0.1) is 11.6 Å². The average molecular weight is 448 g/mol. The van der Waals surface area contributed by atoms with Crippen LogP contribution in [-0.2, 0) is 0 Å². The van der Waals surface area contributed by atoms with Crippen molar-refractivity contribution in [3.63, 3.8) is 0 Å². The molecule has 9 heteroatoms. The van der Waals surface area contributed by atoms with Crippen LogP contribution in [0.25, 0.3) is 33.5 Å². The standard InChI is InChI=1S/C24H22F2N6O/c1-24(28)5-6-32(12-24)21-16(13-7-14(22(27)33)9-15(25)8-13)10-29-11-17(21)23-30-19-4-2-3-18(26)20(19)31-23/h2-4,7-11H,5-6,12,28H2,1H3,(H2,27,33)(H,30,31). The Bertz CT molecular complexity index is 1400. The predicted octanol–water partition coefficient (Wildman–Crippen LogP) is 3.60. The van der Waals surface area contributed by atoms with E-state index in [1.54, 1.807) is 24.5 Å². The summed E-state index contributed by atoms with van der Waals surface area (Å²) in [5.74, 6) is -1.33. The van der Waals surface area contributed by atoms with Crippen molar-refractivity contribution in [3.05, 3.63) is 66.0 Å². The second kappa shape index (κ2) is 7.63. The molecule has 1 amide bonds. The van der Waals surface area contributed by atoms with E-state index in [0.29, 0.717) is 41.1 Å². The van der Waals surface area contributed by atoms with Gasteiger partial charge in [-0.2, -0.15) is 0 Å². The molecule has 2 aromatic carbocycles. The number of hydrogen-bond acceptors (Lipinski definition) is 5. The summed E-state index contributed by atoms with van der Waals surface area (Å²) in [5, 5.41) is 0. The van der Waals surface area contributed by atoms with Gasteiger partial charge >= 0.3 is 0 Å². The second-order valence-corrected chi connectivity index (χ2v) is 8.72. The summed E-state index contributed by atoms with van der Waals surface area (Å²) >= 11 is 0. The normalized spacial score (nSPS) is 18.2. The molecule has 1 fully saturated rings. The number of rotatable bonds is 4. The number of benzene rings is 2. The van der Waals surface area contributed by atoms with Gasteiger partial charge < -0.3 is 21.4 Å². The number of pyridine rings is 1. The van der Waals surface area contributed by atoms with Gasteiger partial charge in [0.2, 0.25) is 5.91 Å². The summed E-state index contributed by atoms with van der Waals surface area (Å²) in [4.78, 5) is 25.8. The molecule has 2 aromatic heterocycles. The minimum Gasteiger partial charge on any atom is -0.368 e. The lowest BCUT2D eigenvalue weighted by atomic mass is 9.99. The summed E-state index contributed by atoms with van der Waals surface area (Å²) in [6.07, 6.45) is 3.99. The van der Waals surface area contributed by atoms with Gasteiger partial charge in [0.1, 0.15) is 17.2 Å². The van der Waals surface area contributed by atoms with Crippen molar-refractivity contribution >= 4 is 22.6 Å². The molecule has 3 heterocycles. The van der Waals surface area contributed by atoms with Crippen LogP contribution in [-0.4, -0.2) is 39.5 Å². The molecular formula is C24H22F2N6O. The number of carbonyl (C=O) groups excluding carboxylic acids is 1. The van der Waals surface area contributed by atoms with Crippen molar-refractivity contribution in [2.75, 3.05) is 18.0 Å². The predicted molar refractivity (Wildman–Crippen MR) is 123 cm³/mol. The van der Waals surface area contributed by atoms with Crippen LogP contribution < -0.4 is 16.4 Å². The summed E-state index contributed by atoms with van der Waals surface area (Å²) < 4.78 is 28.7. The highest BCUT2D eigenvalue weighted by Crippen LogP contribution is 2.41. The fourth-order valence-electron chi connectivity index (χ4n) is 4.37. The number of nitrogens with two attached hydrogens (primary N) is 2. The van der Waals surface area contributed by atoms with Crippen LogP contribution in [0.1, 0.15) is 23.7 Å². The first-order chi connectivity index (χ1) is 15.7. The zero-order valence-electron chi connectivity index (χ0n) is 17.9. The van der Waals surface area contributed by atoms with E-state index in [0.717, 1.165) is 18.2 Å². The Hall–Kier alpha value is -3.85. The number of para-hydroxylation sites is 1. The molecule has 0 spiro atoms. The largest absolute Gasteiger partial charge is 0.368 e. The maximum atomic E-state index is 14.4. The first-order valence-corrected chi connectivity index (χ1v) is 10.5. The van der Waals surface area contributed by atoms with E-state index in [2.05, 4.69) is 19.9 Å². The monoisotopic (exact) mass is 448 g/mol. The number of anilines is 1. The third kappa shape index (κ3) is 3.80. The fourth-order valence-corrected chi connectivity index (χ4v) is 4.37. The Kier molecular flexibility index (Phi) is 4.86. The van der Waals surface area contributed by atoms with Crippen LogP contribution in [0.2, 0.25) is 0 Å². The van der Waals surface area contributed by atoms with Gasteiger partial charge in [-0.1, -0.05) is 6.07 Å². The molecule has 1 atom stereocenters. The number of nitrogens with zero attached hydrogens (tertiary/aromatic N) is 3. The van der Waals surface area contributed by atoms with Crippen molar-refractivity contribution in [1.29, 1.82) is 0 Å². The van der Waals surface area contributed by atoms with E-state index in [1.807, 2.05) is 6.92 Å². The van der Waals surface area contributed by atoms with E-state index in [9.17, 15) is 13.6 Å². The van der Waals surface area contributed by atoms with Crippen molar-refractivity contribution in [3.8, 4) is 22.5 Å². The molecule has 168 valence electrons. The highest BCUT2D eigenvalue weighted by Gasteiger charge is 2.33. The number of H-pyrrole nitrogens is 1. The molecule has 4 aromatic rings. The molecule has 5 N–H and O–H groups in total. The highest BCUT2D eigenvalue weighted by molar-refractivity contribution is 5.96. The van der Waals surface area contributed by atoms with E-state index in [1.165, 1.54) is 18.2 Å². The van der Waals surface area contributed by atoms with Gasteiger partial charge in [-0.05, 0) is 49.2 Å². The van der Waals surface area contributed by atoms with Gasteiger partial charge in [-0.15, -0.1) is 0 Å². The van der Waals surface area contributed by atoms with E-state index in [4.69, 9.17) is 11.5 Å². The van der Waals surface area contributed by atoms with Crippen LogP contribution >= 0.6 is 0 Å². The third-order valence-electron chi connectivity index (χ3n) is 5.95. The molecule has 0 aliphatic carbocycles. The van der Waals surface area contributed by atoms with Gasteiger partial charge in [0, 0.05) is 42.1 Å². The molecule has 0 bridgehead atoms. The summed E-state index contributed by atoms with van der Waals surface area (Å²) in [6, 6.07) is 8.65. The quantitative estimate of drug-likeness (QED) is 0.441. The lowest BCUT2D eigenvalue weighted by Gasteiger charge is -2.26. The second-order valence-electron chi connectivity index (χ2n) is 8.72. The Morgan fingerprint density at radius 1 is 1.18 bits per heavy atom. The van der Waals surface area contributed by atoms with E-state index in [-0.39, 0.29) is 11.1 Å². The topological polar surface area (TPSA) is 114 Å². The minimum absolute atomic E-state index is 0.0530. The third-order valence-corrected chi connectivity index (χ3v) is 5.95. The number of imidazole rings is 1. The van der Waals surface area contributed by atoms with Crippen molar-refractivity contribution < 1.29 is 13.6 Å². The lowest BCUT2D eigenvalue weighted by molar-refractivity contribution is 0.1000. The minimum atomic E-state index is -0.732. The van der Waals surface area contributed by atoms with Gasteiger partial charge in [-0.25, -0.2) is 13.8 Å². The Balaban J connectivity index is 1.75. The number of nitrogens with one attached hydrogen (secondary N) is 1. The first kappa shape index (κ1) is 21.0. The molecule has 5 rings (SSSR count). The highest BCUT2D eigenvalue weighted by atomic mass is 19.1. The van der Waals surface area contributed by atoms with Gasteiger partial charge in [0.05, 0.1) is 16.8 Å². The van der Waals surface area contributed by atoms with Crippen molar-refractivity contribution in [2.24, 2.45) is 11.5 Å². The lowest BCUT2D eigenvalue weighted by Crippen LogP contribution is -2.39. The summed E-state index contributed by atoms with van der Waals surface area (Å²) in [6.45, 7) is 3.17. The molecule has 33 heavy (non-hydrogen) atoms. The maximum absolute atomic E-state index is 14.4. The van der Waals surface area contributed by atoms with E-state index < -0.39 is 23.1 Å². The van der Waals surface area contributed by atoms with Crippen molar-refractivity contribution in [1.82, 2.24) is 15.0 Å². The van der Waals surface area contributed by atoms with E-state index >= 15 is 0 Å². The Morgan fingerprint density at radius 2 is 1.97 bits per heavy atom. The molecule has 0 saturated carbocycles. The first-order valence-electron chi connectivity index (χ1n) is 10.5. The van der Waals surface area contributed by atoms with Crippen LogP contribution in [0.5, 0.6) is 0 Å². The average Bonchev–Trinajstić information content (AvgIpc) is 3.36. The number of amides is 1. The van der Waals surface area contributed by atoms with Crippen LogP contribution in [0.3, 0.4) is 0 Å². The molecule has 1 saturated heterocycles. The number of primary amides is 1. The fraction of sp³-hybridized carbons (Fsp3) is 0.208.